The molecule has 20 heavy (non-hydrogen) atoms. The number of rotatable bonds is 1. The number of hydrogen-bond acceptors (Lipinski definition) is 3. The Morgan fingerprint density at radius 3 is 2.55 bits per heavy atom. The summed E-state index contributed by atoms with van der Waals surface area (Å²) in [6.45, 7) is 0. The number of aromatic nitrogens is 2. The fourth-order valence-electron chi connectivity index (χ4n) is 1.99. The molecular weight excluding hydrogens is 277 g/mol. The predicted octanol–water partition coefficient (Wildman–Crippen LogP) is 1.46. The molecule has 1 aromatic heterocycles. The van der Waals surface area contributed by atoms with E-state index in [0.29, 0.717) is 5.56 Å². The highest BCUT2D eigenvalue weighted by Crippen LogP contribution is 2.29. The largest absolute Gasteiger partial charge is 0.449 e. The van der Waals surface area contributed by atoms with E-state index in [2.05, 4.69) is 15.3 Å². The van der Waals surface area contributed by atoms with Gasteiger partial charge in [-0.15, -0.1) is 0 Å². The number of carbonyl (C=O) groups excluding carboxylic acids is 2. The lowest BCUT2D eigenvalue weighted by Crippen LogP contribution is -2.22. The zero-order chi connectivity index (χ0) is 14.5. The third-order valence-corrected chi connectivity index (χ3v) is 2.88. The van der Waals surface area contributed by atoms with Gasteiger partial charge in [-0.1, -0.05) is 6.07 Å². The van der Waals surface area contributed by atoms with Gasteiger partial charge in [-0.25, -0.2) is 9.78 Å². The summed E-state index contributed by atoms with van der Waals surface area (Å²) >= 11 is 0. The quantitative estimate of drug-likeness (QED) is 0.693. The van der Waals surface area contributed by atoms with Crippen molar-refractivity contribution in [3.8, 4) is 0 Å². The second-order valence-electron chi connectivity index (χ2n) is 4.26. The van der Waals surface area contributed by atoms with Gasteiger partial charge in [-0.2, -0.15) is 13.2 Å². The number of imidazole rings is 1. The van der Waals surface area contributed by atoms with Crippen LogP contribution in [-0.2, 0) is 11.0 Å². The topological polar surface area (TPSA) is 86.9 Å². The molecule has 1 aliphatic rings. The molecule has 0 bridgehead atoms. The van der Waals surface area contributed by atoms with Crippen LogP contribution in [-0.4, -0.2) is 21.9 Å². The maximum absolute atomic E-state index is 12.5. The zero-order valence-corrected chi connectivity index (χ0v) is 9.71. The van der Waals surface area contributed by atoms with Crippen molar-refractivity contribution in [2.24, 2.45) is 0 Å². The standard InChI is InChI=1S/C11H7F3N4O2/c12-11(13,14)9-15-5-2-1-4(3-6(5)16-9)7-8(19)18-10(20)17-7/h1-3,7H,(H,15,16)(H2,17,18,19,20). The molecule has 3 amide bonds. The summed E-state index contributed by atoms with van der Waals surface area (Å²) in [5.41, 5.74) is 0.635. The van der Waals surface area contributed by atoms with Gasteiger partial charge in [0.05, 0.1) is 11.0 Å². The summed E-state index contributed by atoms with van der Waals surface area (Å²) in [6.07, 6.45) is -4.57. The molecule has 0 radical (unpaired) electrons. The van der Waals surface area contributed by atoms with Crippen LogP contribution in [0.3, 0.4) is 0 Å². The maximum Gasteiger partial charge on any atom is 0.449 e. The van der Waals surface area contributed by atoms with E-state index in [1.54, 1.807) is 0 Å². The van der Waals surface area contributed by atoms with Gasteiger partial charge < -0.3 is 10.3 Å². The van der Waals surface area contributed by atoms with E-state index < -0.39 is 30.0 Å². The lowest BCUT2D eigenvalue weighted by Gasteiger charge is -2.06. The van der Waals surface area contributed by atoms with Crippen molar-refractivity contribution >= 4 is 23.0 Å². The van der Waals surface area contributed by atoms with Crippen LogP contribution in [0.5, 0.6) is 0 Å². The Hall–Kier alpha value is -2.58. The Morgan fingerprint density at radius 1 is 1.20 bits per heavy atom. The molecule has 0 spiro atoms. The van der Waals surface area contributed by atoms with Crippen molar-refractivity contribution in [3.63, 3.8) is 0 Å². The minimum absolute atomic E-state index is 0.0729. The number of benzene rings is 1. The minimum atomic E-state index is -4.57. The number of urea groups is 1. The molecule has 3 N–H and O–H groups in total. The van der Waals surface area contributed by atoms with Gasteiger partial charge >= 0.3 is 12.2 Å². The molecule has 1 unspecified atom stereocenters. The highest BCUT2D eigenvalue weighted by molar-refractivity contribution is 6.04. The van der Waals surface area contributed by atoms with Gasteiger partial charge in [0.15, 0.2) is 0 Å². The third-order valence-electron chi connectivity index (χ3n) is 2.88. The molecular formula is C11H7F3N4O2. The van der Waals surface area contributed by atoms with E-state index in [0.717, 1.165) is 0 Å². The summed E-state index contributed by atoms with van der Waals surface area (Å²) < 4.78 is 37.6. The van der Waals surface area contributed by atoms with E-state index in [4.69, 9.17) is 0 Å². The van der Waals surface area contributed by atoms with Crippen LogP contribution in [0.2, 0.25) is 0 Å². The molecule has 2 aromatic rings. The molecule has 1 saturated heterocycles. The Kier molecular flexibility index (Phi) is 2.46. The van der Waals surface area contributed by atoms with Crippen LogP contribution in [0.15, 0.2) is 18.2 Å². The Labute approximate surface area is 109 Å². The van der Waals surface area contributed by atoms with Crippen LogP contribution >= 0.6 is 0 Å². The molecule has 9 heteroatoms. The highest BCUT2D eigenvalue weighted by atomic mass is 19.4. The molecule has 1 atom stereocenters. The van der Waals surface area contributed by atoms with E-state index >= 15 is 0 Å². The van der Waals surface area contributed by atoms with Crippen molar-refractivity contribution < 1.29 is 22.8 Å². The monoisotopic (exact) mass is 284 g/mol. The molecule has 2 heterocycles. The highest BCUT2D eigenvalue weighted by Gasteiger charge is 2.35. The SMILES string of the molecule is O=C1NC(=O)C(c2ccc3[nH]c(C(F)(F)F)nc3c2)N1. The van der Waals surface area contributed by atoms with Gasteiger partial charge in [0, 0.05) is 0 Å². The lowest BCUT2D eigenvalue weighted by atomic mass is 10.1. The molecule has 6 nitrogen and oxygen atoms in total. The Bertz CT molecular complexity index is 722. The summed E-state index contributed by atoms with van der Waals surface area (Å²) in [5.74, 6) is -1.66. The Balaban J connectivity index is 2.03. The average molecular weight is 284 g/mol. The van der Waals surface area contributed by atoms with Crippen LogP contribution in [0, 0.1) is 0 Å². The average Bonchev–Trinajstić information content (AvgIpc) is 2.90. The summed E-state index contributed by atoms with van der Waals surface area (Å²) in [5, 5.41) is 4.41. The second-order valence-corrected chi connectivity index (χ2v) is 4.26. The van der Waals surface area contributed by atoms with Gasteiger partial charge in [-0.3, -0.25) is 10.1 Å². The molecule has 1 aliphatic heterocycles. The first-order valence-corrected chi connectivity index (χ1v) is 5.53. The summed E-state index contributed by atoms with van der Waals surface area (Å²) in [4.78, 5) is 28.1. The van der Waals surface area contributed by atoms with Gasteiger partial charge in [0.25, 0.3) is 5.91 Å². The van der Waals surface area contributed by atoms with Crippen molar-refractivity contribution in [1.29, 1.82) is 0 Å². The number of aromatic amines is 1. The van der Waals surface area contributed by atoms with Crippen LogP contribution in [0.25, 0.3) is 11.0 Å². The number of halogens is 3. The number of amides is 3. The number of hydrogen-bond donors (Lipinski definition) is 3. The summed E-state index contributed by atoms with van der Waals surface area (Å²) in [7, 11) is 0. The molecule has 104 valence electrons. The zero-order valence-electron chi connectivity index (χ0n) is 9.71. The predicted molar refractivity (Wildman–Crippen MR) is 60.5 cm³/mol. The second kappa shape index (κ2) is 3.95. The number of alkyl halides is 3. The van der Waals surface area contributed by atoms with E-state index in [-0.39, 0.29) is 11.0 Å². The van der Waals surface area contributed by atoms with Gasteiger partial charge in [0.2, 0.25) is 5.82 Å². The number of imide groups is 1. The van der Waals surface area contributed by atoms with Gasteiger partial charge in [0.1, 0.15) is 6.04 Å². The number of nitrogens with zero attached hydrogens (tertiary/aromatic N) is 1. The van der Waals surface area contributed by atoms with Crippen molar-refractivity contribution in [2.45, 2.75) is 12.2 Å². The maximum atomic E-state index is 12.5. The van der Waals surface area contributed by atoms with Crippen LogP contribution < -0.4 is 10.6 Å². The first-order valence-electron chi connectivity index (χ1n) is 5.53. The van der Waals surface area contributed by atoms with Crippen molar-refractivity contribution in [2.75, 3.05) is 0 Å². The Morgan fingerprint density at radius 2 is 1.95 bits per heavy atom. The van der Waals surface area contributed by atoms with Crippen molar-refractivity contribution in [1.82, 2.24) is 20.6 Å². The normalized spacial score (nSPS) is 19.2. The third kappa shape index (κ3) is 1.96. The molecule has 0 saturated carbocycles. The number of H-pyrrole nitrogens is 1. The molecule has 0 aliphatic carbocycles. The molecule has 3 rings (SSSR count). The lowest BCUT2D eigenvalue weighted by molar-refractivity contribution is -0.144. The van der Waals surface area contributed by atoms with Gasteiger partial charge in [-0.05, 0) is 17.7 Å². The van der Waals surface area contributed by atoms with Crippen molar-refractivity contribution in [3.05, 3.63) is 29.6 Å². The van der Waals surface area contributed by atoms with Crippen LogP contribution in [0.4, 0.5) is 18.0 Å². The number of fused-ring (bicyclic) bond motifs is 1. The smallest absolute Gasteiger partial charge is 0.334 e. The minimum Gasteiger partial charge on any atom is -0.334 e. The number of nitrogens with one attached hydrogen (secondary N) is 3. The first kappa shape index (κ1) is 12.5. The molecule has 1 aromatic carbocycles. The van der Waals surface area contributed by atoms with E-state index in [1.807, 2.05) is 5.32 Å². The van der Waals surface area contributed by atoms with E-state index in [9.17, 15) is 22.8 Å². The summed E-state index contributed by atoms with van der Waals surface area (Å²) in [6, 6.07) is 2.61. The fraction of sp³-hybridized carbons (Fsp3) is 0.182. The van der Waals surface area contributed by atoms with E-state index in [1.165, 1.54) is 18.2 Å². The van der Waals surface area contributed by atoms with Crippen LogP contribution in [0.1, 0.15) is 17.4 Å². The first-order chi connectivity index (χ1) is 9.34. The molecule has 1 fully saturated rings. The fourth-order valence-corrected chi connectivity index (χ4v) is 1.99. The number of carbonyl (C=O) groups is 2.